The van der Waals surface area contributed by atoms with E-state index < -0.39 is 0 Å². The van der Waals surface area contributed by atoms with Crippen molar-refractivity contribution in [1.82, 2.24) is 14.0 Å². The lowest BCUT2D eigenvalue weighted by Gasteiger charge is -2.33. The number of rotatable bonds is 6. The van der Waals surface area contributed by atoms with Crippen molar-refractivity contribution < 1.29 is 4.74 Å². The number of benzene rings is 3. The van der Waals surface area contributed by atoms with Crippen molar-refractivity contribution in [3.63, 3.8) is 0 Å². The molecule has 1 unspecified atom stereocenters. The van der Waals surface area contributed by atoms with Crippen molar-refractivity contribution in [3.8, 4) is 0 Å². The smallest absolute Gasteiger partial charge is 0.329 e. The zero-order valence-electron chi connectivity index (χ0n) is 18.0. The Morgan fingerprint density at radius 3 is 1.97 bits per heavy atom. The molecule has 4 aromatic rings. The summed E-state index contributed by atoms with van der Waals surface area (Å²) < 4.78 is 9.82. The molecule has 3 aromatic carbocycles. The van der Waals surface area contributed by atoms with E-state index >= 15 is 0 Å². The fraction of sp³-hybridized carbons (Fsp3) is 0.269. The van der Waals surface area contributed by atoms with Gasteiger partial charge in [0.2, 0.25) is 0 Å². The first kappa shape index (κ1) is 22.3. The van der Waals surface area contributed by atoms with Gasteiger partial charge in [-0.3, -0.25) is 14.0 Å². The van der Waals surface area contributed by atoms with Crippen LogP contribution < -0.4 is 5.69 Å². The average Bonchev–Trinajstić information content (AvgIpc) is 3.07. The van der Waals surface area contributed by atoms with E-state index in [9.17, 15) is 4.79 Å². The molecule has 0 aliphatic carbocycles. The molecular weight excluding hydrogens is 422 g/mol. The lowest BCUT2D eigenvalue weighted by molar-refractivity contribution is -0.0387. The lowest BCUT2D eigenvalue weighted by Crippen LogP contribution is -2.44. The summed E-state index contributed by atoms with van der Waals surface area (Å²) in [5.41, 5.74) is 4.38. The molecule has 0 saturated carbocycles. The van der Waals surface area contributed by atoms with Gasteiger partial charge in [-0.2, -0.15) is 0 Å². The SMILES string of the molecule is Cl.O=c1n(Cc2ccccc2)c2ccccc2n1CC1CN(Cc2ccccc2)CCO1. The Morgan fingerprint density at radius 2 is 1.31 bits per heavy atom. The van der Waals surface area contributed by atoms with Crippen molar-refractivity contribution in [1.29, 1.82) is 0 Å². The van der Waals surface area contributed by atoms with Crippen LogP contribution in [0, 0.1) is 0 Å². The first-order chi connectivity index (χ1) is 15.3. The molecule has 1 atom stereocenters. The van der Waals surface area contributed by atoms with E-state index in [1.165, 1.54) is 5.56 Å². The number of aromatic nitrogens is 2. The maximum absolute atomic E-state index is 13.4. The van der Waals surface area contributed by atoms with Gasteiger partial charge in [0.1, 0.15) is 0 Å². The van der Waals surface area contributed by atoms with Gasteiger partial charge in [-0.1, -0.05) is 72.8 Å². The van der Waals surface area contributed by atoms with E-state index in [0.29, 0.717) is 19.7 Å². The molecule has 0 spiro atoms. The molecule has 32 heavy (non-hydrogen) atoms. The molecule has 0 bridgehead atoms. The Balaban J connectivity index is 0.00000245. The van der Waals surface area contributed by atoms with Crippen molar-refractivity contribution in [2.45, 2.75) is 25.7 Å². The van der Waals surface area contributed by atoms with Gasteiger partial charge >= 0.3 is 5.69 Å². The number of hydrogen-bond donors (Lipinski definition) is 0. The van der Waals surface area contributed by atoms with E-state index in [4.69, 9.17) is 4.74 Å². The Morgan fingerprint density at radius 1 is 0.750 bits per heavy atom. The molecule has 1 aliphatic rings. The fourth-order valence-electron chi connectivity index (χ4n) is 4.45. The minimum atomic E-state index is -0.00820. The fourth-order valence-corrected chi connectivity index (χ4v) is 4.45. The minimum Gasteiger partial charge on any atom is -0.374 e. The van der Waals surface area contributed by atoms with Crippen LogP contribution in [0.3, 0.4) is 0 Å². The second-order valence-corrected chi connectivity index (χ2v) is 8.17. The lowest BCUT2D eigenvalue weighted by atomic mass is 10.2. The number of para-hydroxylation sites is 2. The van der Waals surface area contributed by atoms with Crippen LogP contribution in [0.4, 0.5) is 0 Å². The second-order valence-electron chi connectivity index (χ2n) is 8.17. The first-order valence-electron chi connectivity index (χ1n) is 10.9. The summed E-state index contributed by atoms with van der Waals surface area (Å²) in [6, 6.07) is 28.7. The van der Waals surface area contributed by atoms with Gasteiger partial charge in [0, 0.05) is 19.6 Å². The summed E-state index contributed by atoms with van der Waals surface area (Å²) in [5, 5.41) is 0. The highest BCUT2D eigenvalue weighted by Crippen LogP contribution is 2.17. The van der Waals surface area contributed by atoms with Crippen molar-refractivity contribution in [3.05, 3.63) is 107 Å². The molecule has 5 rings (SSSR count). The third kappa shape index (κ3) is 4.80. The standard InChI is InChI=1S/C26H27N3O2.ClH/c30-26-28(18-22-11-5-2-6-12-22)24-13-7-8-14-25(24)29(26)20-23-19-27(15-16-31-23)17-21-9-3-1-4-10-21;/h1-14,23H,15-20H2;1H. The highest BCUT2D eigenvalue weighted by molar-refractivity contribution is 5.85. The van der Waals surface area contributed by atoms with E-state index in [2.05, 4.69) is 41.3 Å². The molecule has 0 radical (unpaired) electrons. The zero-order chi connectivity index (χ0) is 21.0. The van der Waals surface area contributed by atoms with Gasteiger partial charge in [0.05, 0.1) is 36.8 Å². The maximum Gasteiger partial charge on any atom is 0.329 e. The predicted octanol–water partition coefficient (Wildman–Crippen LogP) is 4.17. The first-order valence-corrected chi connectivity index (χ1v) is 10.9. The Hall–Kier alpha value is -2.86. The van der Waals surface area contributed by atoms with Crippen LogP contribution in [0.1, 0.15) is 11.1 Å². The largest absolute Gasteiger partial charge is 0.374 e. The molecule has 1 aromatic heterocycles. The molecule has 0 amide bonds. The highest BCUT2D eigenvalue weighted by Gasteiger charge is 2.23. The summed E-state index contributed by atoms with van der Waals surface area (Å²) >= 11 is 0. The third-order valence-electron chi connectivity index (χ3n) is 5.97. The van der Waals surface area contributed by atoms with Crippen molar-refractivity contribution in [2.24, 2.45) is 0 Å². The van der Waals surface area contributed by atoms with E-state index in [1.807, 2.05) is 57.7 Å². The molecule has 1 saturated heterocycles. The summed E-state index contributed by atoms with van der Waals surface area (Å²) in [6.07, 6.45) is -0.00820. The van der Waals surface area contributed by atoms with Gasteiger partial charge in [-0.05, 0) is 23.3 Å². The van der Waals surface area contributed by atoms with Crippen LogP contribution in [-0.2, 0) is 24.4 Å². The zero-order valence-corrected chi connectivity index (χ0v) is 18.8. The maximum atomic E-state index is 13.4. The molecule has 2 heterocycles. The van der Waals surface area contributed by atoms with Crippen LogP contribution in [0.15, 0.2) is 89.7 Å². The second kappa shape index (κ2) is 10.2. The Labute approximate surface area is 194 Å². The number of morpholine rings is 1. The topological polar surface area (TPSA) is 39.4 Å². The van der Waals surface area contributed by atoms with Gasteiger partial charge in [-0.25, -0.2) is 4.79 Å². The number of halogens is 1. The quantitative estimate of drug-likeness (QED) is 0.443. The van der Waals surface area contributed by atoms with Crippen LogP contribution in [0.2, 0.25) is 0 Å². The average molecular weight is 450 g/mol. The summed E-state index contributed by atoms with van der Waals surface area (Å²) in [7, 11) is 0. The number of fused-ring (bicyclic) bond motifs is 1. The van der Waals surface area contributed by atoms with E-state index in [0.717, 1.165) is 36.2 Å². The number of hydrogen-bond acceptors (Lipinski definition) is 3. The number of ether oxygens (including phenoxy) is 1. The molecule has 1 fully saturated rings. The number of nitrogens with zero attached hydrogens (tertiary/aromatic N) is 3. The summed E-state index contributed by atoms with van der Waals surface area (Å²) in [5.74, 6) is 0. The molecule has 166 valence electrons. The van der Waals surface area contributed by atoms with Gasteiger partial charge in [0.15, 0.2) is 0 Å². The Bertz CT molecular complexity index is 1200. The molecule has 6 heteroatoms. The van der Waals surface area contributed by atoms with Gasteiger partial charge in [0.25, 0.3) is 0 Å². The van der Waals surface area contributed by atoms with Crippen LogP contribution in [0.25, 0.3) is 11.0 Å². The number of imidazole rings is 1. The Kier molecular flexibility index (Phi) is 7.10. The van der Waals surface area contributed by atoms with Crippen molar-refractivity contribution >= 4 is 23.4 Å². The summed E-state index contributed by atoms with van der Waals surface area (Å²) in [4.78, 5) is 15.8. The molecule has 1 aliphatic heterocycles. The normalized spacial score (nSPS) is 16.7. The van der Waals surface area contributed by atoms with Crippen molar-refractivity contribution in [2.75, 3.05) is 19.7 Å². The predicted molar refractivity (Wildman–Crippen MR) is 130 cm³/mol. The molecular formula is C26H28ClN3O2. The van der Waals surface area contributed by atoms with Gasteiger partial charge in [-0.15, -0.1) is 12.4 Å². The van der Waals surface area contributed by atoms with Crippen LogP contribution >= 0.6 is 12.4 Å². The monoisotopic (exact) mass is 449 g/mol. The third-order valence-corrected chi connectivity index (χ3v) is 5.97. The van der Waals surface area contributed by atoms with Crippen LogP contribution in [0.5, 0.6) is 0 Å². The molecule has 0 N–H and O–H groups in total. The minimum absolute atomic E-state index is 0. The highest BCUT2D eigenvalue weighted by atomic mass is 35.5. The van der Waals surface area contributed by atoms with E-state index in [1.54, 1.807) is 0 Å². The van der Waals surface area contributed by atoms with E-state index in [-0.39, 0.29) is 24.2 Å². The van der Waals surface area contributed by atoms with Gasteiger partial charge < -0.3 is 4.74 Å². The van der Waals surface area contributed by atoms with Crippen LogP contribution in [-0.4, -0.2) is 39.8 Å². The summed E-state index contributed by atoms with van der Waals surface area (Å²) in [6.45, 7) is 4.46. The molecule has 5 nitrogen and oxygen atoms in total.